The molecule has 1 heterocycles. The molecule has 1 aromatic heterocycles. The van der Waals surface area contributed by atoms with E-state index in [1.165, 1.54) is 23.7 Å². The SMILES string of the molecule is CCC(C)N(CCC(=O)N(CCN(C)C)Cc1ccccc1)c1nc(Cc2ccc(F)cc2)ns1. The number of carbonyl (C=O) groups excluding carboxylic acids is 1. The van der Waals surface area contributed by atoms with E-state index in [1.54, 1.807) is 12.1 Å². The van der Waals surface area contributed by atoms with E-state index in [0.29, 0.717) is 38.3 Å². The highest BCUT2D eigenvalue weighted by atomic mass is 32.1. The lowest BCUT2D eigenvalue weighted by Crippen LogP contribution is -2.40. The van der Waals surface area contributed by atoms with E-state index in [1.807, 2.05) is 37.2 Å². The van der Waals surface area contributed by atoms with Crippen LogP contribution in [-0.2, 0) is 17.8 Å². The van der Waals surface area contributed by atoms with Crippen molar-refractivity contribution >= 4 is 22.6 Å². The summed E-state index contributed by atoms with van der Waals surface area (Å²) < 4.78 is 17.7. The Bertz CT molecular complexity index is 1040. The Kier molecular flexibility index (Phi) is 10.2. The summed E-state index contributed by atoms with van der Waals surface area (Å²) in [6.45, 7) is 6.99. The fourth-order valence-corrected chi connectivity index (χ4v) is 4.55. The van der Waals surface area contributed by atoms with Gasteiger partial charge in [0, 0.05) is 56.6 Å². The number of hydrogen-bond donors (Lipinski definition) is 0. The summed E-state index contributed by atoms with van der Waals surface area (Å²) in [5.74, 6) is 0.605. The van der Waals surface area contributed by atoms with Crippen LogP contribution >= 0.6 is 11.5 Å². The van der Waals surface area contributed by atoms with Gasteiger partial charge in [-0.2, -0.15) is 4.37 Å². The van der Waals surface area contributed by atoms with E-state index in [4.69, 9.17) is 4.98 Å². The van der Waals surface area contributed by atoms with Gasteiger partial charge in [-0.05, 0) is 50.7 Å². The first-order chi connectivity index (χ1) is 16.9. The average molecular weight is 498 g/mol. The molecule has 1 atom stereocenters. The van der Waals surface area contributed by atoms with Crippen LogP contribution in [0.5, 0.6) is 0 Å². The van der Waals surface area contributed by atoms with Crippen LogP contribution in [0.1, 0.15) is 43.6 Å². The van der Waals surface area contributed by atoms with E-state index < -0.39 is 0 Å². The van der Waals surface area contributed by atoms with Crippen LogP contribution in [-0.4, -0.2) is 64.8 Å². The molecule has 0 aliphatic rings. The molecule has 6 nitrogen and oxygen atoms in total. The number of hydrogen-bond acceptors (Lipinski definition) is 6. The van der Waals surface area contributed by atoms with Gasteiger partial charge in [0.25, 0.3) is 0 Å². The van der Waals surface area contributed by atoms with Gasteiger partial charge >= 0.3 is 0 Å². The third-order valence-electron chi connectivity index (χ3n) is 6.05. The average Bonchev–Trinajstić information content (AvgIpc) is 3.31. The lowest BCUT2D eigenvalue weighted by atomic mass is 10.1. The molecule has 188 valence electrons. The van der Waals surface area contributed by atoms with Gasteiger partial charge in [0.2, 0.25) is 11.0 Å². The number of aromatic nitrogens is 2. The molecule has 0 saturated carbocycles. The Hall–Kier alpha value is -2.84. The zero-order valence-corrected chi connectivity index (χ0v) is 22.0. The molecule has 0 aliphatic heterocycles. The number of halogens is 1. The van der Waals surface area contributed by atoms with Crippen molar-refractivity contribution in [2.75, 3.05) is 38.6 Å². The number of anilines is 1. The molecule has 2 aromatic carbocycles. The Labute approximate surface area is 212 Å². The quantitative estimate of drug-likeness (QED) is 0.338. The predicted octanol–water partition coefficient (Wildman–Crippen LogP) is 4.85. The third-order valence-corrected chi connectivity index (χ3v) is 6.85. The lowest BCUT2D eigenvalue weighted by molar-refractivity contribution is -0.131. The molecule has 1 unspecified atom stereocenters. The topological polar surface area (TPSA) is 52.6 Å². The monoisotopic (exact) mass is 497 g/mol. The lowest BCUT2D eigenvalue weighted by Gasteiger charge is -2.29. The fourth-order valence-electron chi connectivity index (χ4n) is 3.73. The maximum absolute atomic E-state index is 13.3. The first kappa shape index (κ1) is 26.8. The Morgan fingerprint density at radius 3 is 2.37 bits per heavy atom. The Balaban J connectivity index is 1.67. The van der Waals surface area contributed by atoms with Gasteiger partial charge in [-0.1, -0.05) is 49.4 Å². The number of nitrogens with zero attached hydrogens (tertiary/aromatic N) is 5. The number of amides is 1. The summed E-state index contributed by atoms with van der Waals surface area (Å²) >= 11 is 1.36. The van der Waals surface area contributed by atoms with Crippen LogP contribution in [0.4, 0.5) is 9.52 Å². The molecular weight excluding hydrogens is 461 g/mol. The number of carbonyl (C=O) groups is 1. The zero-order valence-electron chi connectivity index (χ0n) is 21.2. The van der Waals surface area contributed by atoms with Gasteiger partial charge in [-0.25, -0.2) is 9.37 Å². The Morgan fingerprint density at radius 1 is 1.00 bits per heavy atom. The number of benzene rings is 2. The molecule has 0 fully saturated rings. The van der Waals surface area contributed by atoms with Gasteiger partial charge in [0.05, 0.1) is 0 Å². The minimum atomic E-state index is -0.250. The first-order valence-electron chi connectivity index (χ1n) is 12.2. The van der Waals surface area contributed by atoms with E-state index in [2.05, 4.69) is 40.2 Å². The highest BCUT2D eigenvalue weighted by Crippen LogP contribution is 2.23. The summed E-state index contributed by atoms with van der Waals surface area (Å²) in [6.07, 6.45) is 1.91. The van der Waals surface area contributed by atoms with Crippen molar-refractivity contribution < 1.29 is 9.18 Å². The second-order valence-corrected chi connectivity index (χ2v) is 9.83. The highest BCUT2D eigenvalue weighted by Gasteiger charge is 2.21. The standard InChI is InChI=1S/C27H36FN5OS/c1-5-21(2)33(27-29-25(30-35-27)19-22-11-13-24(28)14-12-22)16-15-26(34)32(18-17-31(3)4)20-23-9-7-6-8-10-23/h6-14,21H,5,15-20H2,1-4H3. The van der Waals surface area contributed by atoms with E-state index in [-0.39, 0.29) is 17.8 Å². The van der Waals surface area contributed by atoms with E-state index in [0.717, 1.165) is 29.2 Å². The van der Waals surface area contributed by atoms with Crippen molar-refractivity contribution in [3.63, 3.8) is 0 Å². The van der Waals surface area contributed by atoms with Crippen molar-refractivity contribution in [1.82, 2.24) is 19.2 Å². The van der Waals surface area contributed by atoms with Crippen molar-refractivity contribution in [2.45, 2.75) is 45.7 Å². The van der Waals surface area contributed by atoms with E-state index in [9.17, 15) is 9.18 Å². The molecule has 0 N–H and O–H groups in total. The molecule has 0 aliphatic carbocycles. The molecule has 35 heavy (non-hydrogen) atoms. The maximum Gasteiger partial charge on any atom is 0.224 e. The van der Waals surface area contributed by atoms with Gasteiger partial charge in [-0.3, -0.25) is 4.79 Å². The number of rotatable bonds is 13. The van der Waals surface area contributed by atoms with Crippen LogP contribution in [0.25, 0.3) is 0 Å². The van der Waals surface area contributed by atoms with Crippen LogP contribution in [0.3, 0.4) is 0 Å². The summed E-state index contributed by atoms with van der Waals surface area (Å²) in [7, 11) is 4.05. The van der Waals surface area contributed by atoms with Crippen molar-refractivity contribution in [3.8, 4) is 0 Å². The molecule has 0 saturated heterocycles. The summed E-state index contributed by atoms with van der Waals surface area (Å²) in [5, 5.41) is 0.826. The van der Waals surface area contributed by atoms with Gasteiger partial charge in [0.1, 0.15) is 11.6 Å². The molecule has 3 rings (SSSR count). The van der Waals surface area contributed by atoms with Crippen molar-refractivity contribution in [2.24, 2.45) is 0 Å². The van der Waals surface area contributed by atoms with Crippen LogP contribution in [0.15, 0.2) is 54.6 Å². The largest absolute Gasteiger partial charge is 0.344 e. The smallest absolute Gasteiger partial charge is 0.224 e. The van der Waals surface area contributed by atoms with E-state index >= 15 is 0 Å². The highest BCUT2D eigenvalue weighted by molar-refractivity contribution is 7.09. The molecule has 3 aromatic rings. The van der Waals surface area contributed by atoms with Crippen LogP contribution in [0, 0.1) is 5.82 Å². The second kappa shape index (κ2) is 13.3. The molecular formula is C27H36FN5OS. The van der Waals surface area contributed by atoms with Crippen molar-refractivity contribution in [1.29, 1.82) is 0 Å². The minimum Gasteiger partial charge on any atom is -0.344 e. The zero-order chi connectivity index (χ0) is 25.2. The van der Waals surface area contributed by atoms with Gasteiger partial charge in [0.15, 0.2) is 0 Å². The molecule has 0 spiro atoms. The summed E-state index contributed by atoms with van der Waals surface area (Å²) in [4.78, 5) is 24.3. The van der Waals surface area contributed by atoms with Crippen molar-refractivity contribution in [3.05, 3.63) is 77.4 Å². The normalized spacial score (nSPS) is 12.1. The van der Waals surface area contributed by atoms with Crippen LogP contribution < -0.4 is 4.90 Å². The maximum atomic E-state index is 13.3. The fraction of sp³-hybridized carbons (Fsp3) is 0.444. The molecule has 0 bridgehead atoms. The first-order valence-corrected chi connectivity index (χ1v) is 12.9. The number of likely N-dealkylation sites (N-methyl/N-ethyl adjacent to an activating group) is 1. The minimum absolute atomic E-state index is 0.139. The molecule has 0 radical (unpaired) electrons. The Morgan fingerprint density at radius 2 is 1.71 bits per heavy atom. The van der Waals surface area contributed by atoms with Gasteiger partial charge in [-0.15, -0.1) is 0 Å². The summed E-state index contributed by atoms with van der Waals surface area (Å²) in [6, 6.07) is 16.8. The molecule has 8 heteroatoms. The van der Waals surface area contributed by atoms with Gasteiger partial charge < -0.3 is 14.7 Å². The second-order valence-electron chi connectivity index (χ2n) is 9.10. The molecule has 1 amide bonds. The third kappa shape index (κ3) is 8.40. The van der Waals surface area contributed by atoms with Crippen LogP contribution in [0.2, 0.25) is 0 Å². The summed E-state index contributed by atoms with van der Waals surface area (Å²) in [5.41, 5.74) is 2.10. The predicted molar refractivity (Wildman–Crippen MR) is 141 cm³/mol.